The molecule has 0 amide bonds. The Bertz CT molecular complexity index is 563. The summed E-state index contributed by atoms with van der Waals surface area (Å²) in [4.78, 5) is 0. The van der Waals surface area contributed by atoms with E-state index in [1.54, 1.807) is 7.11 Å². The molecule has 0 N–H and O–H groups in total. The van der Waals surface area contributed by atoms with Gasteiger partial charge in [-0.05, 0) is 30.7 Å². The zero-order valence-corrected chi connectivity index (χ0v) is 10.6. The summed E-state index contributed by atoms with van der Waals surface area (Å²) in [5.41, 5.74) is 2.15. The van der Waals surface area contributed by atoms with Crippen LogP contribution < -0.4 is 9.47 Å². The third kappa shape index (κ3) is 1.74. The number of hydrogen-bond acceptors (Lipinski definition) is 2. The van der Waals surface area contributed by atoms with Crippen LogP contribution in [0.5, 0.6) is 11.5 Å². The lowest BCUT2D eigenvalue weighted by molar-refractivity contribution is 0.116. The van der Waals surface area contributed by atoms with E-state index >= 15 is 0 Å². The molecule has 0 bridgehead atoms. The molecule has 0 saturated heterocycles. The van der Waals surface area contributed by atoms with Crippen LogP contribution in [0, 0.1) is 0 Å². The molecule has 1 aliphatic rings. The van der Waals surface area contributed by atoms with E-state index < -0.39 is 0 Å². The summed E-state index contributed by atoms with van der Waals surface area (Å²) in [6.45, 7) is 2.13. The van der Waals surface area contributed by atoms with E-state index in [2.05, 4.69) is 25.1 Å². The average Bonchev–Trinajstić information content (AvgIpc) is 2.76. The molecule has 0 aromatic heterocycles. The Kier molecular flexibility index (Phi) is 2.51. The van der Waals surface area contributed by atoms with E-state index in [0.717, 1.165) is 17.9 Å². The van der Waals surface area contributed by atoms with Gasteiger partial charge >= 0.3 is 0 Å². The maximum absolute atomic E-state index is 6.12. The minimum Gasteiger partial charge on any atom is -0.497 e. The van der Waals surface area contributed by atoms with Crippen molar-refractivity contribution in [3.8, 4) is 11.5 Å². The summed E-state index contributed by atoms with van der Waals surface area (Å²) in [5.74, 6) is 1.84. The van der Waals surface area contributed by atoms with Gasteiger partial charge < -0.3 is 9.47 Å². The molecule has 0 unspecified atom stereocenters. The summed E-state index contributed by atoms with van der Waals surface area (Å²) in [5, 5.41) is 0. The van der Waals surface area contributed by atoms with Crippen molar-refractivity contribution in [1.82, 2.24) is 0 Å². The van der Waals surface area contributed by atoms with Gasteiger partial charge in [0.2, 0.25) is 0 Å². The minimum atomic E-state index is -0.268. The normalized spacial score (nSPS) is 21.2. The summed E-state index contributed by atoms with van der Waals surface area (Å²) in [7, 11) is 1.69. The van der Waals surface area contributed by atoms with Crippen molar-refractivity contribution < 1.29 is 9.47 Å². The first-order valence-corrected chi connectivity index (χ1v) is 6.13. The van der Waals surface area contributed by atoms with Gasteiger partial charge in [0.25, 0.3) is 0 Å². The highest BCUT2D eigenvalue weighted by Gasteiger charge is 2.36. The van der Waals surface area contributed by atoms with Crippen LogP contribution in [0.2, 0.25) is 0 Å². The first kappa shape index (κ1) is 11.1. The van der Waals surface area contributed by atoms with Gasteiger partial charge in [-0.3, -0.25) is 0 Å². The molecule has 0 saturated carbocycles. The number of ether oxygens (including phenoxy) is 2. The zero-order valence-electron chi connectivity index (χ0n) is 10.6. The van der Waals surface area contributed by atoms with Gasteiger partial charge in [-0.25, -0.2) is 0 Å². The molecule has 1 aliphatic heterocycles. The van der Waals surface area contributed by atoms with Crippen molar-refractivity contribution in [3.63, 3.8) is 0 Å². The summed E-state index contributed by atoms with van der Waals surface area (Å²) < 4.78 is 11.4. The second kappa shape index (κ2) is 4.05. The molecule has 0 radical (unpaired) electrons. The molecule has 18 heavy (non-hydrogen) atoms. The summed E-state index contributed by atoms with van der Waals surface area (Å²) >= 11 is 0. The highest BCUT2D eigenvalue weighted by atomic mass is 16.5. The SMILES string of the molecule is COc1ccc2c(c1)C[C@](C)(c1ccccc1)O2. The zero-order chi connectivity index (χ0) is 12.6. The fourth-order valence-electron chi connectivity index (χ4n) is 2.51. The Balaban J connectivity index is 1.97. The van der Waals surface area contributed by atoms with Crippen LogP contribution >= 0.6 is 0 Å². The molecule has 92 valence electrons. The van der Waals surface area contributed by atoms with E-state index in [9.17, 15) is 0 Å². The van der Waals surface area contributed by atoms with Crippen molar-refractivity contribution in [1.29, 1.82) is 0 Å². The first-order chi connectivity index (χ1) is 8.71. The molecule has 0 fully saturated rings. The van der Waals surface area contributed by atoms with Crippen molar-refractivity contribution in [2.45, 2.75) is 18.9 Å². The molecular formula is C16H16O2. The number of rotatable bonds is 2. The molecule has 0 spiro atoms. The van der Waals surface area contributed by atoms with Gasteiger partial charge in [0.1, 0.15) is 17.1 Å². The maximum Gasteiger partial charge on any atom is 0.135 e. The second-order valence-corrected chi connectivity index (χ2v) is 4.85. The highest BCUT2D eigenvalue weighted by Crippen LogP contribution is 2.42. The van der Waals surface area contributed by atoms with E-state index in [4.69, 9.17) is 9.47 Å². The molecule has 1 atom stereocenters. The predicted molar refractivity (Wildman–Crippen MR) is 71.1 cm³/mol. The molecule has 0 aliphatic carbocycles. The van der Waals surface area contributed by atoms with E-state index in [0.29, 0.717) is 0 Å². The monoisotopic (exact) mass is 240 g/mol. The Morgan fingerprint density at radius 2 is 1.89 bits per heavy atom. The van der Waals surface area contributed by atoms with Crippen molar-refractivity contribution in [2.24, 2.45) is 0 Å². The van der Waals surface area contributed by atoms with Crippen LogP contribution in [-0.4, -0.2) is 7.11 Å². The van der Waals surface area contributed by atoms with Crippen LogP contribution in [0.3, 0.4) is 0 Å². The Labute approximate surface area is 107 Å². The molecule has 2 heteroatoms. The van der Waals surface area contributed by atoms with Crippen molar-refractivity contribution in [2.75, 3.05) is 7.11 Å². The third-order valence-electron chi connectivity index (χ3n) is 3.52. The lowest BCUT2D eigenvalue weighted by Crippen LogP contribution is -2.26. The van der Waals surface area contributed by atoms with Crippen LogP contribution in [0.4, 0.5) is 0 Å². The second-order valence-electron chi connectivity index (χ2n) is 4.85. The van der Waals surface area contributed by atoms with E-state index in [-0.39, 0.29) is 5.60 Å². The Morgan fingerprint density at radius 1 is 1.11 bits per heavy atom. The largest absolute Gasteiger partial charge is 0.497 e. The van der Waals surface area contributed by atoms with Gasteiger partial charge in [-0.15, -0.1) is 0 Å². The topological polar surface area (TPSA) is 18.5 Å². The van der Waals surface area contributed by atoms with Crippen molar-refractivity contribution >= 4 is 0 Å². The standard InChI is InChI=1S/C16H16O2/c1-16(13-6-4-3-5-7-13)11-12-10-14(17-2)8-9-15(12)18-16/h3-10H,11H2,1-2H3/t16-/m1/s1. The Morgan fingerprint density at radius 3 is 2.61 bits per heavy atom. The van der Waals surface area contributed by atoms with Gasteiger partial charge in [-0.1, -0.05) is 30.3 Å². The molecule has 2 nitrogen and oxygen atoms in total. The van der Waals surface area contributed by atoms with E-state index in [1.165, 1.54) is 11.1 Å². The van der Waals surface area contributed by atoms with Gasteiger partial charge in [0, 0.05) is 12.0 Å². The molecule has 2 aromatic rings. The predicted octanol–water partition coefficient (Wildman–Crippen LogP) is 3.55. The first-order valence-electron chi connectivity index (χ1n) is 6.13. The molecule has 3 rings (SSSR count). The quantitative estimate of drug-likeness (QED) is 0.799. The van der Waals surface area contributed by atoms with Crippen molar-refractivity contribution in [3.05, 3.63) is 59.7 Å². The average molecular weight is 240 g/mol. The van der Waals surface area contributed by atoms with Crippen LogP contribution in [-0.2, 0) is 12.0 Å². The van der Waals surface area contributed by atoms with E-state index in [1.807, 2.05) is 30.3 Å². The number of benzene rings is 2. The molecule has 2 aromatic carbocycles. The molecule has 1 heterocycles. The third-order valence-corrected chi connectivity index (χ3v) is 3.52. The summed E-state index contributed by atoms with van der Waals surface area (Å²) in [6.07, 6.45) is 0.879. The lowest BCUT2D eigenvalue weighted by atomic mass is 9.91. The van der Waals surface area contributed by atoms with Crippen LogP contribution in [0.1, 0.15) is 18.1 Å². The summed E-state index contributed by atoms with van der Waals surface area (Å²) in [6, 6.07) is 16.3. The highest BCUT2D eigenvalue weighted by molar-refractivity contribution is 5.46. The fraction of sp³-hybridized carbons (Fsp3) is 0.250. The van der Waals surface area contributed by atoms with Gasteiger partial charge in [0.15, 0.2) is 0 Å². The molecular weight excluding hydrogens is 224 g/mol. The minimum absolute atomic E-state index is 0.268. The lowest BCUT2D eigenvalue weighted by Gasteiger charge is -2.24. The van der Waals surface area contributed by atoms with Gasteiger partial charge in [0.05, 0.1) is 7.11 Å². The van der Waals surface area contributed by atoms with Gasteiger partial charge in [-0.2, -0.15) is 0 Å². The number of hydrogen-bond donors (Lipinski definition) is 0. The number of methoxy groups -OCH3 is 1. The number of fused-ring (bicyclic) bond motifs is 1. The Hall–Kier alpha value is -1.96. The maximum atomic E-state index is 6.12. The fourth-order valence-corrected chi connectivity index (χ4v) is 2.51. The van der Waals surface area contributed by atoms with Crippen LogP contribution in [0.25, 0.3) is 0 Å². The van der Waals surface area contributed by atoms with Crippen LogP contribution in [0.15, 0.2) is 48.5 Å². The smallest absolute Gasteiger partial charge is 0.135 e.